The monoisotopic (exact) mass is 526 g/mol. The van der Waals surface area contributed by atoms with Gasteiger partial charge in [-0.2, -0.15) is 0 Å². The summed E-state index contributed by atoms with van der Waals surface area (Å²) in [7, 11) is 3.01. The maximum atomic E-state index is 12.8. The number of thioether (sulfide) groups is 1. The van der Waals surface area contributed by atoms with E-state index in [2.05, 4.69) is 25.6 Å². The number of ether oxygens (including phenoxy) is 1. The fourth-order valence-electron chi connectivity index (χ4n) is 3.41. The summed E-state index contributed by atoms with van der Waals surface area (Å²) in [5, 5.41) is 25.5. The highest BCUT2D eigenvalue weighted by atomic mass is 32.2. The number of carbonyl (C=O) groups is 3. The van der Waals surface area contributed by atoms with Crippen LogP contribution in [0.5, 0.6) is 0 Å². The lowest BCUT2D eigenvalue weighted by Gasteiger charge is -2.21. The molecule has 2 N–H and O–H groups in total. The summed E-state index contributed by atoms with van der Waals surface area (Å²) in [6.45, 7) is 3.80. The molecule has 0 bridgehead atoms. The Kier molecular flexibility index (Phi) is 8.95. The molecule has 194 valence electrons. The molecule has 2 amide bonds. The quantitative estimate of drug-likeness (QED) is 0.175. The highest BCUT2D eigenvalue weighted by Gasteiger charge is 2.26. The largest absolute Gasteiger partial charge is 0.465 e. The molecule has 0 fully saturated rings. The lowest BCUT2D eigenvalue weighted by molar-refractivity contribution is -0.384. The normalized spacial score (nSPS) is 11.6. The molecule has 0 aliphatic heterocycles. The molecular weight excluding hydrogens is 500 g/mol. The van der Waals surface area contributed by atoms with Gasteiger partial charge in [0.05, 0.1) is 29.4 Å². The van der Waals surface area contributed by atoms with Gasteiger partial charge >= 0.3 is 5.97 Å². The van der Waals surface area contributed by atoms with Crippen LogP contribution in [0.1, 0.15) is 46.4 Å². The van der Waals surface area contributed by atoms with Crippen molar-refractivity contribution in [1.82, 2.24) is 20.1 Å². The predicted molar refractivity (Wildman–Crippen MR) is 136 cm³/mol. The van der Waals surface area contributed by atoms with Crippen molar-refractivity contribution in [3.63, 3.8) is 0 Å². The van der Waals surface area contributed by atoms with Crippen LogP contribution in [-0.2, 0) is 16.6 Å². The van der Waals surface area contributed by atoms with Crippen molar-refractivity contribution >= 4 is 40.9 Å². The molecular formula is C24H26N6O6S. The lowest BCUT2D eigenvalue weighted by Crippen LogP contribution is -2.33. The second-order valence-electron chi connectivity index (χ2n) is 8.31. The van der Waals surface area contributed by atoms with Gasteiger partial charge in [0.1, 0.15) is 0 Å². The number of nitro groups is 1. The number of non-ortho nitro benzene ring substituents is 1. The Labute approximate surface area is 216 Å². The van der Waals surface area contributed by atoms with Gasteiger partial charge < -0.3 is 19.9 Å². The van der Waals surface area contributed by atoms with Gasteiger partial charge in [-0.05, 0) is 30.2 Å². The van der Waals surface area contributed by atoms with Crippen LogP contribution in [0.4, 0.5) is 11.4 Å². The van der Waals surface area contributed by atoms with Crippen LogP contribution in [0.15, 0.2) is 53.7 Å². The maximum absolute atomic E-state index is 12.8. The minimum Gasteiger partial charge on any atom is -0.465 e. The molecule has 0 aliphatic rings. The molecule has 13 heteroatoms. The molecule has 0 saturated carbocycles. The fraction of sp³-hybridized carbons (Fsp3) is 0.292. The molecule has 1 aromatic heterocycles. The van der Waals surface area contributed by atoms with E-state index in [0.29, 0.717) is 22.2 Å². The van der Waals surface area contributed by atoms with Crippen LogP contribution in [0, 0.1) is 16.0 Å². The molecule has 12 nitrogen and oxygen atoms in total. The zero-order valence-corrected chi connectivity index (χ0v) is 21.4. The second kappa shape index (κ2) is 12.1. The number of nitrogens with one attached hydrogen (secondary N) is 2. The molecule has 0 aliphatic carbocycles. The topological polar surface area (TPSA) is 158 Å². The van der Waals surface area contributed by atoms with Crippen molar-refractivity contribution in [1.29, 1.82) is 0 Å². The van der Waals surface area contributed by atoms with E-state index in [0.717, 1.165) is 11.8 Å². The summed E-state index contributed by atoms with van der Waals surface area (Å²) in [6, 6.07) is 11.3. The summed E-state index contributed by atoms with van der Waals surface area (Å²) in [6.07, 6.45) is 0. The first kappa shape index (κ1) is 27.3. The number of carbonyl (C=O) groups excluding carboxylic acids is 3. The van der Waals surface area contributed by atoms with Crippen molar-refractivity contribution in [2.75, 3.05) is 18.2 Å². The maximum Gasteiger partial charge on any atom is 0.337 e. The van der Waals surface area contributed by atoms with Crippen molar-refractivity contribution in [2.24, 2.45) is 13.0 Å². The number of nitro benzene ring substituents is 1. The van der Waals surface area contributed by atoms with E-state index in [-0.39, 0.29) is 28.8 Å². The fourth-order valence-corrected chi connectivity index (χ4v) is 4.12. The van der Waals surface area contributed by atoms with E-state index in [1.54, 1.807) is 29.8 Å². The zero-order chi connectivity index (χ0) is 27.1. The number of hydrogen-bond acceptors (Lipinski definition) is 9. The minimum atomic E-state index is -0.561. The van der Waals surface area contributed by atoms with Crippen molar-refractivity contribution < 1.29 is 24.0 Å². The third kappa shape index (κ3) is 6.91. The third-order valence-corrected chi connectivity index (χ3v) is 6.34. The zero-order valence-electron chi connectivity index (χ0n) is 20.6. The number of nitrogens with zero attached hydrogens (tertiary/aromatic N) is 4. The molecule has 0 spiro atoms. The summed E-state index contributed by atoms with van der Waals surface area (Å²) >= 11 is 1.16. The third-order valence-electron chi connectivity index (χ3n) is 5.32. The number of esters is 1. The van der Waals surface area contributed by atoms with Gasteiger partial charge in [0.2, 0.25) is 5.91 Å². The van der Waals surface area contributed by atoms with Gasteiger partial charge in [0.15, 0.2) is 11.0 Å². The summed E-state index contributed by atoms with van der Waals surface area (Å²) < 4.78 is 6.38. The number of amides is 2. The Bertz CT molecular complexity index is 1320. The summed E-state index contributed by atoms with van der Waals surface area (Å²) in [4.78, 5) is 47.5. The Balaban J connectivity index is 1.67. The van der Waals surface area contributed by atoms with Crippen LogP contribution in [0.2, 0.25) is 0 Å². The van der Waals surface area contributed by atoms with E-state index in [9.17, 15) is 24.5 Å². The van der Waals surface area contributed by atoms with Gasteiger partial charge in [-0.25, -0.2) is 4.79 Å². The Morgan fingerprint density at radius 3 is 2.49 bits per heavy atom. The molecule has 0 saturated heterocycles. The van der Waals surface area contributed by atoms with Gasteiger partial charge in [-0.3, -0.25) is 19.7 Å². The predicted octanol–water partition coefficient (Wildman–Crippen LogP) is 3.37. The number of anilines is 1. The summed E-state index contributed by atoms with van der Waals surface area (Å²) in [5.41, 5.74) is 0.750. The van der Waals surface area contributed by atoms with Crippen LogP contribution in [0.3, 0.4) is 0 Å². The minimum absolute atomic E-state index is 0.0286. The number of methoxy groups -OCH3 is 1. The van der Waals surface area contributed by atoms with Crippen molar-refractivity contribution in [3.8, 4) is 0 Å². The van der Waals surface area contributed by atoms with E-state index < -0.39 is 22.8 Å². The molecule has 2 aromatic carbocycles. The second-order valence-corrected chi connectivity index (χ2v) is 9.25. The van der Waals surface area contributed by atoms with Crippen LogP contribution in [-0.4, -0.2) is 50.3 Å². The highest BCUT2D eigenvalue weighted by Crippen LogP contribution is 2.25. The highest BCUT2D eigenvalue weighted by molar-refractivity contribution is 7.99. The number of hydrogen-bond donors (Lipinski definition) is 2. The van der Waals surface area contributed by atoms with E-state index in [1.165, 1.54) is 37.4 Å². The van der Waals surface area contributed by atoms with Gasteiger partial charge in [-0.1, -0.05) is 37.7 Å². The number of aromatic nitrogens is 3. The molecule has 1 heterocycles. The first-order valence-electron chi connectivity index (χ1n) is 11.2. The average Bonchev–Trinajstić information content (AvgIpc) is 3.25. The van der Waals surface area contributed by atoms with E-state index in [4.69, 9.17) is 0 Å². The Hall–Kier alpha value is -4.26. The standard InChI is InChI=1S/C24H26N6O6S/c1-14(2)20(26-22(32)15-7-6-10-18(12-15)30(34)35)21-27-28-24(29(21)3)37-13-19(31)25-17-9-5-8-16(11-17)23(33)36-4/h5-12,14,20H,13H2,1-4H3,(H,25,31)(H,26,32)/t20-/m1/s1. The molecule has 3 rings (SSSR count). The molecule has 0 unspecified atom stereocenters. The van der Waals surface area contributed by atoms with Gasteiger partial charge in [0, 0.05) is 30.4 Å². The van der Waals surface area contributed by atoms with E-state index >= 15 is 0 Å². The summed E-state index contributed by atoms with van der Waals surface area (Å²) in [5.74, 6) is -0.865. The average molecular weight is 527 g/mol. The first-order chi connectivity index (χ1) is 17.6. The molecule has 1 atom stereocenters. The van der Waals surface area contributed by atoms with Crippen LogP contribution in [0.25, 0.3) is 0 Å². The first-order valence-corrected chi connectivity index (χ1v) is 12.1. The van der Waals surface area contributed by atoms with Crippen LogP contribution < -0.4 is 10.6 Å². The van der Waals surface area contributed by atoms with E-state index in [1.807, 2.05) is 13.8 Å². The van der Waals surface area contributed by atoms with Crippen molar-refractivity contribution in [2.45, 2.75) is 25.0 Å². The molecule has 3 aromatic rings. The Morgan fingerprint density at radius 1 is 1.11 bits per heavy atom. The SMILES string of the molecule is COC(=O)c1cccc(NC(=O)CSc2nnc([C@H](NC(=O)c3cccc([N+](=O)[O-])c3)C(C)C)n2C)c1. The smallest absolute Gasteiger partial charge is 0.337 e. The van der Waals surface area contributed by atoms with Crippen molar-refractivity contribution in [3.05, 3.63) is 75.6 Å². The van der Waals surface area contributed by atoms with Gasteiger partial charge in [-0.15, -0.1) is 10.2 Å². The Morgan fingerprint density at radius 2 is 1.81 bits per heavy atom. The lowest BCUT2D eigenvalue weighted by atomic mass is 10.0. The molecule has 37 heavy (non-hydrogen) atoms. The van der Waals surface area contributed by atoms with Gasteiger partial charge in [0.25, 0.3) is 11.6 Å². The van der Waals surface area contributed by atoms with Crippen LogP contribution >= 0.6 is 11.8 Å². The molecule has 0 radical (unpaired) electrons. The number of benzene rings is 2. The number of rotatable bonds is 10.